The lowest BCUT2D eigenvalue weighted by Crippen LogP contribution is -2.41. The van der Waals surface area contributed by atoms with Gasteiger partial charge in [0.2, 0.25) is 0 Å². The smallest absolute Gasteiger partial charge is 0.288 e. The van der Waals surface area contributed by atoms with Gasteiger partial charge < -0.3 is 4.74 Å². The molecule has 0 saturated heterocycles. The van der Waals surface area contributed by atoms with E-state index in [1.165, 1.54) is 55.8 Å². The van der Waals surface area contributed by atoms with Gasteiger partial charge in [-0.1, -0.05) is 6.07 Å². The summed E-state index contributed by atoms with van der Waals surface area (Å²) in [4.78, 5) is 38.1. The van der Waals surface area contributed by atoms with Crippen LogP contribution in [-0.2, 0) is 10.0 Å². The molecular formula is C20H17N5O7S. The van der Waals surface area contributed by atoms with Gasteiger partial charge in [0.05, 0.1) is 22.6 Å². The van der Waals surface area contributed by atoms with Crippen molar-refractivity contribution in [2.75, 3.05) is 11.8 Å². The number of benzene rings is 2. The molecule has 0 atom stereocenters. The van der Waals surface area contributed by atoms with Crippen molar-refractivity contribution in [3.05, 3.63) is 88.2 Å². The van der Waals surface area contributed by atoms with Crippen molar-refractivity contribution >= 4 is 33.2 Å². The van der Waals surface area contributed by atoms with Crippen molar-refractivity contribution in [2.24, 2.45) is 0 Å². The first-order valence-electron chi connectivity index (χ1n) is 9.18. The molecule has 0 bridgehead atoms. The number of hydrazine groups is 1. The maximum absolute atomic E-state index is 12.7. The molecule has 0 unspecified atom stereocenters. The minimum atomic E-state index is -4.15. The van der Waals surface area contributed by atoms with Gasteiger partial charge in [-0.15, -0.1) is 0 Å². The standard InChI is InChI=1S/C20H17N5O7S/c1-32-18-10-7-14(25(28)29)12-17(18)24-33(30,31)15-8-5-13(6-9-15)19(26)22-23-20(27)16-4-2-3-11-21-16/h2-12,24H,1H3,(H,22,26)(H,23,27). The van der Waals surface area contributed by atoms with E-state index in [9.17, 15) is 28.1 Å². The van der Waals surface area contributed by atoms with Gasteiger partial charge >= 0.3 is 0 Å². The molecule has 0 saturated carbocycles. The number of sulfonamides is 1. The Morgan fingerprint density at radius 2 is 1.70 bits per heavy atom. The zero-order chi connectivity index (χ0) is 24.0. The van der Waals surface area contributed by atoms with Crippen LogP contribution < -0.4 is 20.3 Å². The fourth-order valence-electron chi connectivity index (χ4n) is 2.63. The van der Waals surface area contributed by atoms with Crippen LogP contribution in [0.1, 0.15) is 20.8 Å². The van der Waals surface area contributed by atoms with Gasteiger partial charge in [-0.2, -0.15) is 0 Å². The number of hydrogen-bond acceptors (Lipinski definition) is 8. The molecule has 12 nitrogen and oxygen atoms in total. The van der Waals surface area contributed by atoms with Crippen LogP contribution in [0.3, 0.4) is 0 Å². The number of ether oxygens (including phenoxy) is 1. The summed E-state index contributed by atoms with van der Waals surface area (Å²) in [6.45, 7) is 0. The second kappa shape index (κ2) is 9.74. The number of non-ortho nitro benzene ring substituents is 1. The minimum absolute atomic E-state index is 0.0724. The molecule has 13 heteroatoms. The van der Waals surface area contributed by atoms with Gasteiger partial charge in [-0.25, -0.2) is 8.42 Å². The molecule has 33 heavy (non-hydrogen) atoms. The molecule has 0 aliphatic heterocycles. The van der Waals surface area contributed by atoms with E-state index >= 15 is 0 Å². The van der Waals surface area contributed by atoms with Gasteiger partial charge in [0.15, 0.2) is 0 Å². The molecule has 2 amide bonds. The molecule has 0 radical (unpaired) electrons. The minimum Gasteiger partial charge on any atom is -0.495 e. The van der Waals surface area contributed by atoms with E-state index in [0.29, 0.717) is 0 Å². The number of rotatable bonds is 7. The largest absolute Gasteiger partial charge is 0.495 e. The first kappa shape index (κ1) is 23.1. The van der Waals surface area contributed by atoms with Gasteiger partial charge in [0.25, 0.3) is 27.5 Å². The summed E-state index contributed by atoms with van der Waals surface area (Å²) >= 11 is 0. The molecule has 1 aromatic heterocycles. The third kappa shape index (κ3) is 5.59. The van der Waals surface area contributed by atoms with Crippen molar-refractivity contribution in [3.8, 4) is 5.75 Å². The highest BCUT2D eigenvalue weighted by Gasteiger charge is 2.20. The maximum atomic E-state index is 12.7. The van der Waals surface area contributed by atoms with Crippen molar-refractivity contribution in [1.82, 2.24) is 15.8 Å². The summed E-state index contributed by atoms with van der Waals surface area (Å²) < 4.78 is 32.7. The van der Waals surface area contributed by atoms with Crippen LogP contribution in [-0.4, -0.2) is 37.2 Å². The molecule has 0 aliphatic rings. The summed E-state index contributed by atoms with van der Waals surface area (Å²) in [6, 6.07) is 13.0. The van der Waals surface area contributed by atoms with Gasteiger partial charge in [-0.3, -0.25) is 40.3 Å². The van der Waals surface area contributed by atoms with Gasteiger partial charge in [0, 0.05) is 23.9 Å². The Morgan fingerprint density at radius 3 is 2.30 bits per heavy atom. The topological polar surface area (TPSA) is 170 Å². The fourth-order valence-corrected chi connectivity index (χ4v) is 3.69. The van der Waals surface area contributed by atoms with Crippen LogP contribution in [0.5, 0.6) is 5.75 Å². The first-order valence-corrected chi connectivity index (χ1v) is 10.7. The molecule has 2 aromatic carbocycles. The third-order valence-electron chi connectivity index (χ3n) is 4.25. The lowest BCUT2D eigenvalue weighted by molar-refractivity contribution is -0.384. The quantitative estimate of drug-likeness (QED) is 0.346. The summed E-state index contributed by atoms with van der Waals surface area (Å²) in [5, 5.41) is 11.0. The van der Waals surface area contributed by atoms with E-state index in [1.807, 2.05) is 0 Å². The van der Waals surface area contributed by atoms with Crippen molar-refractivity contribution in [1.29, 1.82) is 0 Å². The van der Waals surface area contributed by atoms with Crippen LogP contribution in [0.15, 0.2) is 71.8 Å². The van der Waals surface area contributed by atoms with E-state index in [0.717, 1.165) is 6.07 Å². The number of hydrogen-bond donors (Lipinski definition) is 3. The average Bonchev–Trinajstić information content (AvgIpc) is 2.82. The Labute approximate surface area is 187 Å². The molecule has 0 spiro atoms. The zero-order valence-electron chi connectivity index (χ0n) is 17.0. The average molecular weight is 471 g/mol. The van der Waals surface area contributed by atoms with Gasteiger partial charge in [0.1, 0.15) is 11.4 Å². The third-order valence-corrected chi connectivity index (χ3v) is 5.63. The summed E-state index contributed by atoms with van der Waals surface area (Å²) in [5.41, 5.74) is 4.13. The summed E-state index contributed by atoms with van der Waals surface area (Å²) in [5.74, 6) is -1.22. The monoisotopic (exact) mass is 471 g/mol. The van der Waals surface area contributed by atoms with E-state index in [1.54, 1.807) is 12.1 Å². The number of nitrogens with one attached hydrogen (secondary N) is 3. The highest BCUT2D eigenvalue weighted by Crippen LogP contribution is 2.30. The molecule has 0 aliphatic carbocycles. The Balaban J connectivity index is 1.71. The van der Waals surface area contributed by atoms with E-state index < -0.39 is 26.8 Å². The lowest BCUT2D eigenvalue weighted by Gasteiger charge is -2.12. The SMILES string of the molecule is COc1ccc([N+](=O)[O-])cc1NS(=O)(=O)c1ccc(C(=O)NNC(=O)c2ccccn2)cc1. The number of nitro groups is 1. The van der Waals surface area contributed by atoms with Crippen LogP contribution in [0, 0.1) is 10.1 Å². The molecular weight excluding hydrogens is 454 g/mol. The predicted octanol–water partition coefficient (Wildman–Crippen LogP) is 1.87. The van der Waals surface area contributed by atoms with E-state index in [4.69, 9.17) is 4.74 Å². The highest BCUT2D eigenvalue weighted by atomic mass is 32.2. The molecule has 3 rings (SSSR count). The van der Waals surface area contributed by atoms with Crippen LogP contribution in [0.4, 0.5) is 11.4 Å². The van der Waals surface area contributed by atoms with E-state index in [2.05, 4.69) is 20.6 Å². The zero-order valence-corrected chi connectivity index (χ0v) is 17.8. The van der Waals surface area contributed by atoms with Crippen LogP contribution in [0.25, 0.3) is 0 Å². The second-order valence-corrected chi connectivity index (χ2v) is 8.08. The number of carbonyl (C=O) groups is 2. The normalized spacial score (nSPS) is 10.7. The maximum Gasteiger partial charge on any atom is 0.288 e. The number of anilines is 1. The number of nitro benzene ring substituents is 1. The predicted molar refractivity (Wildman–Crippen MR) is 116 cm³/mol. The lowest BCUT2D eigenvalue weighted by atomic mass is 10.2. The molecule has 3 N–H and O–H groups in total. The number of amides is 2. The second-order valence-electron chi connectivity index (χ2n) is 6.39. The number of pyridine rings is 1. The highest BCUT2D eigenvalue weighted by molar-refractivity contribution is 7.92. The summed E-state index contributed by atoms with van der Waals surface area (Å²) in [7, 11) is -2.86. The van der Waals surface area contributed by atoms with Crippen molar-refractivity contribution in [2.45, 2.75) is 4.90 Å². The number of aromatic nitrogens is 1. The van der Waals surface area contributed by atoms with Crippen molar-refractivity contribution < 1.29 is 27.7 Å². The first-order chi connectivity index (χ1) is 15.7. The Kier molecular flexibility index (Phi) is 6.83. The number of methoxy groups -OCH3 is 1. The molecule has 170 valence electrons. The molecule has 0 fully saturated rings. The van der Waals surface area contributed by atoms with Crippen LogP contribution >= 0.6 is 0 Å². The van der Waals surface area contributed by atoms with Crippen molar-refractivity contribution in [3.63, 3.8) is 0 Å². The summed E-state index contributed by atoms with van der Waals surface area (Å²) in [6.07, 6.45) is 1.42. The fraction of sp³-hybridized carbons (Fsp3) is 0.0500. The Morgan fingerprint density at radius 1 is 1.00 bits per heavy atom. The number of carbonyl (C=O) groups excluding carboxylic acids is 2. The van der Waals surface area contributed by atoms with Crippen LogP contribution in [0.2, 0.25) is 0 Å². The Bertz CT molecular complexity index is 1300. The number of nitrogens with zero attached hydrogens (tertiary/aromatic N) is 2. The molecule has 3 aromatic rings. The van der Waals surface area contributed by atoms with E-state index in [-0.39, 0.29) is 33.3 Å². The van der Waals surface area contributed by atoms with Gasteiger partial charge in [-0.05, 0) is 42.5 Å². The Hall–Kier alpha value is -4.52. The molecule has 1 heterocycles.